The molecule has 6 nitrogen and oxygen atoms in total. The van der Waals surface area contributed by atoms with Gasteiger partial charge in [-0.15, -0.1) is 0 Å². The Bertz CT molecular complexity index is 661. The predicted octanol–water partition coefficient (Wildman–Crippen LogP) is 0.579. The lowest BCUT2D eigenvalue weighted by molar-refractivity contribution is -0.664. The van der Waals surface area contributed by atoms with Crippen LogP contribution in [0.2, 0.25) is 0 Å². The molecule has 4 N–H and O–H groups in total. The Balaban J connectivity index is 2.03. The summed E-state index contributed by atoms with van der Waals surface area (Å²) in [6.45, 7) is 0.752. The largest absolute Gasteiger partial charge is 0.307 e. The van der Waals surface area contributed by atoms with E-state index in [1.807, 2.05) is 29.1 Å². The van der Waals surface area contributed by atoms with Crippen molar-refractivity contribution < 1.29 is 4.57 Å². The minimum atomic E-state index is 0.590. The highest BCUT2D eigenvalue weighted by molar-refractivity contribution is 5.79. The molecule has 3 rings (SSSR count). The second-order valence-electron chi connectivity index (χ2n) is 3.95. The van der Waals surface area contributed by atoms with Gasteiger partial charge in [-0.25, -0.2) is 10.4 Å². The monoisotopic (exact) mass is 241 g/mol. The lowest BCUT2D eigenvalue weighted by Gasteiger charge is -1.98. The van der Waals surface area contributed by atoms with Crippen molar-refractivity contribution in [3.05, 3.63) is 48.5 Å². The number of imidazole rings is 1. The molecule has 3 aromatic rings. The molecule has 0 saturated carbocycles. The van der Waals surface area contributed by atoms with Crippen LogP contribution in [-0.2, 0) is 6.54 Å². The van der Waals surface area contributed by atoms with Gasteiger partial charge >= 0.3 is 5.65 Å². The van der Waals surface area contributed by atoms with Gasteiger partial charge in [0.15, 0.2) is 18.5 Å². The molecule has 0 saturated heterocycles. The number of anilines is 1. The van der Waals surface area contributed by atoms with Gasteiger partial charge in [-0.3, -0.25) is 4.98 Å². The highest BCUT2D eigenvalue weighted by Crippen LogP contribution is 2.12. The van der Waals surface area contributed by atoms with Crippen molar-refractivity contribution in [1.29, 1.82) is 0 Å². The van der Waals surface area contributed by atoms with Crippen LogP contribution in [0.1, 0.15) is 5.56 Å². The fourth-order valence-corrected chi connectivity index (χ4v) is 1.94. The smallest absolute Gasteiger partial charge is 0.305 e. The average molecular weight is 241 g/mol. The van der Waals surface area contributed by atoms with Crippen LogP contribution in [0.5, 0.6) is 0 Å². The molecule has 0 aliphatic heterocycles. The van der Waals surface area contributed by atoms with Gasteiger partial charge in [-0.05, 0) is 5.56 Å². The van der Waals surface area contributed by atoms with Gasteiger partial charge < -0.3 is 5.43 Å². The third-order valence-electron chi connectivity index (χ3n) is 2.80. The Morgan fingerprint density at radius 2 is 2.06 bits per heavy atom. The standard InChI is InChI=1S/C12H12N6/c13-17-11-10-12(15-7-14-11)18(8-16-10)6-9-4-2-1-3-5-9/h1-5,7-8H,6,13H2,(H,14,15,17)/p+1. The number of nitrogens with two attached hydrogens (primary N) is 1. The molecule has 0 radical (unpaired) electrons. The number of aromatic amines is 1. The first-order valence-corrected chi connectivity index (χ1v) is 5.60. The van der Waals surface area contributed by atoms with E-state index in [0.717, 1.165) is 17.7 Å². The Hall–Kier alpha value is -2.47. The number of nitrogen functional groups attached to an aromatic ring is 1. The first-order chi connectivity index (χ1) is 8.88. The SMILES string of the molecule is NNc1ncnc2c1[nH]c[n+]2Cc1ccccc1. The van der Waals surface area contributed by atoms with Gasteiger partial charge in [0.25, 0.3) is 0 Å². The van der Waals surface area contributed by atoms with Gasteiger partial charge in [0.1, 0.15) is 0 Å². The number of nitrogens with zero attached hydrogens (tertiary/aromatic N) is 3. The van der Waals surface area contributed by atoms with E-state index < -0.39 is 0 Å². The zero-order valence-electron chi connectivity index (χ0n) is 9.67. The third-order valence-corrected chi connectivity index (χ3v) is 2.80. The molecule has 18 heavy (non-hydrogen) atoms. The van der Waals surface area contributed by atoms with Crippen molar-refractivity contribution in [1.82, 2.24) is 15.0 Å². The molecule has 1 aromatic carbocycles. The summed E-state index contributed by atoms with van der Waals surface area (Å²) < 4.78 is 2.02. The maximum absolute atomic E-state index is 5.41. The van der Waals surface area contributed by atoms with Crippen molar-refractivity contribution >= 4 is 17.0 Å². The molecule has 0 fully saturated rings. The van der Waals surface area contributed by atoms with Gasteiger partial charge in [0.05, 0.1) is 6.54 Å². The van der Waals surface area contributed by atoms with E-state index in [2.05, 4.69) is 32.5 Å². The zero-order chi connectivity index (χ0) is 12.4. The van der Waals surface area contributed by atoms with Gasteiger partial charge in [-0.2, -0.15) is 4.98 Å². The van der Waals surface area contributed by atoms with E-state index in [9.17, 15) is 0 Å². The van der Waals surface area contributed by atoms with Crippen molar-refractivity contribution in [2.75, 3.05) is 5.43 Å². The number of hydrogen-bond donors (Lipinski definition) is 3. The number of aromatic nitrogens is 4. The number of hydrogen-bond acceptors (Lipinski definition) is 4. The first-order valence-electron chi connectivity index (χ1n) is 5.60. The fraction of sp³-hybridized carbons (Fsp3) is 0.0833. The molecular weight excluding hydrogens is 228 g/mol. The summed E-state index contributed by atoms with van der Waals surface area (Å²) in [4.78, 5) is 11.4. The Labute approximate surface area is 103 Å². The molecule has 0 aliphatic rings. The highest BCUT2D eigenvalue weighted by Gasteiger charge is 2.15. The number of fused-ring (bicyclic) bond motifs is 1. The normalized spacial score (nSPS) is 10.7. The molecule has 0 unspecified atom stereocenters. The second-order valence-corrected chi connectivity index (χ2v) is 3.95. The average Bonchev–Trinajstić information content (AvgIpc) is 2.83. The van der Waals surface area contributed by atoms with E-state index in [1.165, 1.54) is 11.9 Å². The number of nitrogens with one attached hydrogen (secondary N) is 2. The summed E-state index contributed by atoms with van der Waals surface area (Å²) in [5.41, 5.74) is 5.39. The van der Waals surface area contributed by atoms with Crippen LogP contribution >= 0.6 is 0 Å². The van der Waals surface area contributed by atoms with E-state index in [1.54, 1.807) is 0 Å². The van der Waals surface area contributed by atoms with Crippen LogP contribution in [0.15, 0.2) is 43.0 Å². The molecule has 90 valence electrons. The van der Waals surface area contributed by atoms with Gasteiger partial charge in [-0.1, -0.05) is 35.3 Å². The molecule has 0 amide bonds. The molecule has 0 aliphatic carbocycles. The predicted molar refractivity (Wildman–Crippen MR) is 67.4 cm³/mol. The number of H-pyrrole nitrogens is 1. The van der Waals surface area contributed by atoms with Crippen LogP contribution in [0.4, 0.5) is 5.82 Å². The summed E-state index contributed by atoms with van der Waals surface area (Å²) in [6.07, 6.45) is 3.36. The molecule has 0 bridgehead atoms. The molecule has 6 heteroatoms. The molecule has 0 spiro atoms. The summed E-state index contributed by atoms with van der Waals surface area (Å²) >= 11 is 0. The van der Waals surface area contributed by atoms with Crippen LogP contribution in [0.25, 0.3) is 11.2 Å². The van der Waals surface area contributed by atoms with Gasteiger partial charge in [0.2, 0.25) is 5.52 Å². The van der Waals surface area contributed by atoms with E-state index >= 15 is 0 Å². The highest BCUT2D eigenvalue weighted by atomic mass is 15.3. The Morgan fingerprint density at radius 3 is 2.83 bits per heavy atom. The third kappa shape index (κ3) is 1.78. The first kappa shape index (κ1) is 10.7. The summed E-state index contributed by atoms with van der Waals surface area (Å²) in [7, 11) is 0. The zero-order valence-corrected chi connectivity index (χ0v) is 9.67. The Kier molecular flexibility index (Phi) is 2.62. The second kappa shape index (κ2) is 4.42. The van der Waals surface area contributed by atoms with Crippen molar-refractivity contribution in [3.8, 4) is 0 Å². The van der Waals surface area contributed by atoms with Crippen LogP contribution in [0.3, 0.4) is 0 Å². The van der Waals surface area contributed by atoms with Crippen LogP contribution in [0, 0.1) is 0 Å². The molecular formula is C12H13N6+. The lowest BCUT2D eigenvalue weighted by atomic mass is 10.2. The summed E-state index contributed by atoms with van der Waals surface area (Å²) in [6, 6.07) is 10.2. The van der Waals surface area contributed by atoms with E-state index in [4.69, 9.17) is 5.84 Å². The van der Waals surface area contributed by atoms with Crippen LogP contribution in [-0.4, -0.2) is 15.0 Å². The number of benzene rings is 1. The maximum Gasteiger partial charge on any atom is 0.307 e. The minimum absolute atomic E-state index is 0.590. The van der Waals surface area contributed by atoms with Crippen molar-refractivity contribution in [2.45, 2.75) is 6.54 Å². The maximum atomic E-state index is 5.41. The fourth-order valence-electron chi connectivity index (χ4n) is 1.94. The number of hydrazine groups is 1. The summed E-state index contributed by atoms with van der Waals surface area (Å²) in [5.74, 6) is 6.00. The lowest BCUT2D eigenvalue weighted by Crippen LogP contribution is -2.33. The quantitative estimate of drug-likeness (QED) is 0.356. The number of rotatable bonds is 3. The minimum Gasteiger partial charge on any atom is -0.305 e. The summed E-state index contributed by atoms with van der Waals surface area (Å²) in [5, 5.41) is 0. The van der Waals surface area contributed by atoms with E-state index in [-0.39, 0.29) is 0 Å². The van der Waals surface area contributed by atoms with Crippen LogP contribution < -0.4 is 15.8 Å². The van der Waals surface area contributed by atoms with Crippen molar-refractivity contribution in [3.63, 3.8) is 0 Å². The Morgan fingerprint density at radius 1 is 1.22 bits per heavy atom. The van der Waals surface area contributed by atoms with Crippen molar-refractivity contribution in [2.24, 2.45) is 5.84 Å². The molecule has 2 aromatic heterocycles. The molecule has 0 atom stereocenters. The molecule has 2 heterocycles. The van der Waals surface area contributed by atoms with E-state index in [0.29, 0.717) is 5.82 Å². The van der Waals surface area contributed by atoms with Gasteiger partial charge in [0, 0.05) is 0 Å². The topological polar surface area (TPSA) is 83.5 Å².